The molecule has 11 heteroatoms. The van der Waals surface area contributed by atoms with Gasteiger partial charge in [-0.15, -0.1) is 0 Å². The number of rotatable bonds is 3. The number of aliphatic hydroxyl groups is 1. The normalized spacial score (nSPS) is 32.0. The minimum atomic E-state index is -1.76. The van der Waals surface area contributed by atoms with Gasteiger partial charge in [-0.1, -0.05) is 0 Å². The van der Waals surface area contributed by atoms with Gasteiger partial charge >= 0.3 is 5.97 Å². The quantitative estimate of drug-likeness (QED) is 0.644. The topological polar surface area (TPSA) is 155 Å². The summed E-state index contributed by atoms with van der Waals surface area (Å²) in [4.78, 5) is 23.4. The lowest BCUT2D eigenvalue weighted by atomic mass is 10.1. The Kier molecular flexibility index (Phi) is 3.44. The monoisotopic (exact) mass is 351 g/mol. The summed E-state index contributed by atoms with van der Waals surface area (Å²) >= 11 is 0. The van der Waals surface area contributed by atoms with Gasteiger partial charge < -0.3 is 30.2 Å². The highest BCUT2D eigenvalue weighted by Gasteiger charge is 2.59. The van der Waals surface area contributed by atoms with Gasteiger partial charge in [0.15, 0.2) is 29.6 Å². The number of carboxylic acid groups (broad SMARTS) is 1. The lowest BCUT2D eigenvalue weighted by Crippen LogP contribution is -2.42. The maximum Gasteiger partial charge on any atom is 0.335 e. The highest BCUT2D eigenvalue weighted by Crippen LogP contribution is 2.44. The van der Waals surface area contributed by atoms with E-state index in [0.29, 0.717) is 11.2 Å². The van der Waals surface area contributed by atoms with Crippen LogP contribution in [0.15, 0.2) is 12.7 Å². The molecule has 0 radical (unpaired) electrons. The van der Waals surface area contributed by atoms with Crippen molar-refractivity contribution in [2.24, 2.45) is 0 Å². The molecule has 0 spiro atoms. The van der Waals surface area contributed by atoms with Crippen molar-refractivity contribution in [2.75, 3.05) is 5.73 Å². The van der Waals surface area contributed by atoms with Crippen molar-refractivity contribution in [1.29, 1.82) is 0 Å². The summed E-state index contributed by atoms with van der Waals surface area (Å²) in [6.07, 6.45) is -2.31. The molecule has 0 aliphatic carbocycles. The van der Waals surface area contributed by atoms with Crippen LogP contribution in [0.3, 0.4) is 0 Å². The minimum Gasteiger partial charge on any atom is -0.479 e. The van der Waals surface area contributed by atoms with Crippen LogP contribution in [-0.4, -0.2) is 65.9 Å². The first-order valence-electron chi connectivity index (χ1n) is 7.63. The number of hydrogen-bond acceptors (Lipinski definition) is 9. The van der Waals surface area contributed by atoms with Gasteiger partial charge in [-0.05, 0) is 13.8 Å². The largest absolute Gasteiger partial charge is 0.479 e. The number of imidazole rings is 1. The van der Waals surface area contributed by atoms with E-state index in [1.165, 1.54) is 12.7 Å². The fourth-order valence-corrected chi connectivity index (χ4v) is 3.28. The van der Waals surface area contributed by atoms with E-state index in [0.717, 1.165) is 0 Å². The van der Waals surface area contributed by atoms with Crippen LogP contribution in [0.25, 0.3) is 11.2 Å². The van der Waals surface area contributed by atoms with Crippen molar-refractivity contribution < 1.29 is 29.2 Å². The van der Waals surface area contributed by atoms with Crippen LogP contribution in [0.5, 0.6) is 0 Å². The summed E-state index contributed by atoms with van der Waals surface area (Å²) in [5.41, 5.74) is 6.60. The van der Waals surface area contributed by atoms with Crippen molar-refractivity contribution in [3.05, 3.63) is 12.7 Å². The predicted molar refractivity (Wildman–Crippen MR) is 81.1 cm³/mol. The van der Waals surface area contributed by atoms with Crippen molar-refractivity contribution in [3.8, 4) is 0 Å². The number of nitrogens with zero attached hydrogens (tertiary/aromatic N) is 4. The zero-order valence-corrected chi connectivity index (χ0v) is 13.4. The van der Waals surface area contributed by atoms with Gasteiger partial charge in [0.1, 0.15) is 30.2 Å². The van der Waals surface area contributed by atoms with Crippen molar-refractivity contribution in [2.45, 2.75) is 50.3 Å². The molecule has 4 heterocycles. The van der Waals surface area contributed by atoms with Crippen LogP contribution in [-0.2, 0) is 19.0 Å². The number of aliphatic carboxylic acids is 1. The molecule has 2 aliphatic rings. The van der Waals surface area contributed by atoms with E-state index in [1.54, 1.807) is 18.4 Å². The first kappa shape index (κ1) is 16.1. The molecule has 2 saturated heterocycles. The Labute approximate surface area is 141 Å². The Balaban J connectivity index is 1.76. The number of hydrogen-bond donors (Lipinski definition) is 3. The third-order valence-electron chi connectivity index (χ3n) is 4.29. The summed E-state index contributed by atoms with van der Waals surface area (Å²) < 4.78 is 19.0. The van der Waals surface area contributed by atoms with Gasteiger partial charge in [-0.2, -0.15) is 0 Å². The van der Waals surface area contributed by atoms with E-state index in [-0.39, 0.29) is 5.82 Å². The Hall–Kier alpha value is -2.34. The molecule has 4 N–H and O–H groups in total. The molecule has 5 atom stereocenters. The van der Waals surface area contributed by atoms with E-state index < -0.39 is 42.4 Å². The van der Waals surface area contributed by atoms with Crippen LogP contribution in [0.4, 0.5) is 5.82 Å². The van der Waals surface area contributed by atoms with Crippen LogP contribution >= 0.6 is 0 Å². The highest BCUT2D eigenvalue weighted by atomic mass is 16.8. The smallest absolute Gasteiger partial charge is 0.335 e. The molecular weight excluding hydrogens is 334 g/mol. The Morgan fingerprint density at radius 2 is 2.04 bits per heavy atom. The number of carbonyl (C=O) groups is 1. The molecule has 0 aromatic carbocycles. The van der Waals surface area contributed by atoms with Crippen LogP contribution in [0.1, 0.15) is 20.1 Å². The number of ether oxygens (including phenoxy) is 3. The number of fused-ring (bicyclic) bond motifs is 2. The lowest BCUT2D eigenvalue weighted by molar-refractivity contribution is -0.210. The molecule has 2 aromatic heterocycles. The second-order valence-electron chi connectivity index (χ2n) is 6.42. The zero-order chi connectivity index (χ0) is 17.9. The van der Waals surface area contributed by atoms with E-state index >= 15 is 0 Å². The second kappa shape index (κ2) is 5.33. The minimum absolute atomic E-state index is 0.212. The second-order valence-corrected chi connectivity index (χ2v) is 6.42. The van der Waals surface area contributed by atoms with Gasteiger partial charge in [0.25, 0.3) is 0 Å². The third kappa shape index (κ3) is 2.43. The number of nitrogens with two attached hydrogens (primary N) is 1. The molecule has 25 heavy (non-hydrogen) atoms. The Bertz CT molecular complexity index is 838. The fraction of sp³-hybridized carbons (Fsp3) is 0.571. The maximum atomic E-state index is 11.2. The van der Waals surface area contributed by atoms with Crippen LogP contribution in [0.2, 0.25) is 0 Å². The lowest BCUT2D eigenvalue weighted by Gasteiger charge is -2.25. The van der Waals surface area contributed by atoms with Crippen LogP contribution in [0, 0.1) is 0 Å². The van der Waals surface area contributed by atoms with Crippen molar-refractivity contribution in [3.63, 3.8) is 0 Å². The molecule has 0 saturated carbocycles. The van der Waals surface area contributed by atoms with E-state index in [2.05, 4.69) is 15.0 Å². The van der Waals surface area contributed by atoms with Gasteiger partial charge in [0, 0.05) is 0 Å². The Morgan fingerprint density at radius 1 is 1.32 bits per heavy atom. The summed E-state index contributed by atoms with van der Waals surface area (Å²) in [7, 11) is 0. The molecule has 2 aromatic rings. The van der Waals surface area contributed by atoms with Crippen molar-refractivity contribution >= 4 is 23.0 Å². The van der Waals surface area contributed by atoms with Gasteiger partial charge in [0.05, 0.1) is 6.33 Å². The SMILES string of the molecule is CC1(C)O[C@H]2[C@@H](O1)[C@H](n1cnc3c(N)ncnc31)O[C@@H]2[C@@H](O)C(=O)O. The van der Waals surface area contributed by atoms with E-state index in [4.69, 9.17) is 25.1 Å². The van der Waals surface area contributed by atoms with Gasteiger partial charge in [-0.3, -0.25) is 4.57 Å². The summed E-state index contributed by atoms with van der Waals surface area (Å²) in [5.74, 6) is -2.14. The van der Waals surface area contributed by atoms with Gasteiger partial charge in [-0.25, -0.2) is 19.7 Å². The molecular formula is C14H17N5O6. The molecule has 4 rings (SSSR count). The Morgan fingerprint density at radius 3 is 2.76 bits per heavy atom. The summed E-state index contributed by atoms with van der Waals surface area (Å²) in [5, 5.41) is 19.1. The molecule has 2 aliphatic heterocycles. The molecule has 0 unspecified atom stereocenters. The summed E-state index contributed by atoms with van der Waals surface area (Å²) in [6.45, 7) is 3.41. The first-order valence-corrected chi connectivity index (χ1v) is 7.63. The molecule has 0 amide bonds. The third-order valence-corrected chi connectivity index (χ3v) is 4.29. The summed E-state index contributed by atoms with van der Waals surface area (Å²) in [6, 6.07) is 0. The number of aromatic nitrogens is 4. The van der Waals surface area contributed by atoms with E-state index in [9.17, 15) is 9.90 Å². The van der Waals surface area contributed by atoms with Crippen LogP contribution < -0.4 is 5.73 Å². The molecule has 11 nitrogen and oxygen atoms in total. The molecule has 2 fully saturated rings. The fourth-order valence-electron chi connectivity index (χ4n) is 3.28. The number of aliphatic hydroxyl groups excluding tert-OH is 1. The number of carboxylic acids is 1. The molecule has 0 bridgehead atoms. The standard InChI is InChI=1S/C14H17N5O6/c1-14(2)24-8-7(6(20)13(21)22)23-12(9(8)25-14)19-4-18-5-10(15)16-3-17-11(5)19/h3-4,6-9,12,20H,1-2H3,(H,21,22)(H2,15,16,17)/t6-,7-,8-,9-,12-/m1/s1. The highest BCUT2D eigenvalue weighted by molar-refractivity contribution is 5.81. The first-order chi connectivity index (χ1) is 11.8. The number of anilines is 1. The average molecular weight is 351 g/mol. The zero-order valence-electron chi connectivity index (χ0n) is 13.4. The molecule has 134 valence electrons. The number of nitrogen functional groups attached to an aromatic ring is 1. The van der Waals surface area contributed by atoms with E-state index in [1.807, 2.05) is 0 Å². The van der Waals surface area contributed by atoms with Gasteiger partial charge in [0.2, 0.25) is 0 Å². The predicted octanol–water partition coefficient (Wildman–Crippen LogP) is -0.728. The van der Waals surface area contributed by atoms with Crippen molar-refractivity contribution in [1.82, 2.24) is 19.5 Å². The maximum absolute atomic E-state index is 11.2. The average Bonchev–Trinajstić information content (AvgIpc) is 3.17.